The molecule has 2 heterocycles. The summed E-state index contributed by atoms with van der Waals surface area (Å²) < 4.78 is 0. The standard InChI is InChI=1S/C16H21N3O2.ClH/c20-15(14-4-3-9-17-14)18-13-7-5-12(6-8-13)16(21)19-10-1-2-11-19;/h5-8,14,17H,1-4,9-11H2,(H,18,20);1H. The largest absolute Gasteiger partial charge is 0.339 e. The molecule has 2 fully saturated rings. The third-order valence-corrected chi connectivity index (χ3v) is 4.17. The van der Waals surface area contributed by atoms with Crippen LogP contribution in [0.2, 0.25) is 0 Å². The molecule has 3 rings (SSSR count). The number of anilines is 1. The van der Waals surface area contributed by atoms with Gasteiger partial charge in [-0.3, -0.25) is 9.59 Å². The molecule has 0 spiro atoms. The molecule has 2 aliphatic rings. The van der Waals surface area contributed by atoms with Crippen molar-refractivity contribution in [3.63, 3.8) is 0 Å². The lowest BCUT2D eigenvalue weighted by molar-refractivity contribution is -0.117. The van der Waals surface area contributed by atoms with Crippen molar-refractivity contribution >= 4 is 29.9 Å². The Morgan fingerprint density at radius 3 is 2.36 bits per heavy atom. The highest BCUT2D eigenvalue weighted by molar-refractivity contribution is 5.97. The maximum atomic E-state index is 12.2. The van der Waals surface area contributed by atoms with Gasteiger partial charge in [-0.05, 0) is 56.5 Å². The molecule has 0 bridgehead atoms. The zero-order valence-corrected chi connectivity index (χ0v) is 13.3. The van der Waals surface area contributed by atoms with E-state index in [0.717, 1.165) is 51.0 Å². The molecule has 0 aromatic heterocycles. The normalized spacial score (nSPS) is 20.5. The molecule has 0 radical (unpaired) electrons. The molecular weight excluding hydrogens is 302 g/mol. The number of amides is 2. The third kappa shape index (κ3) is 3.78. The lowest BCUT2D eigenvalue weighted by Crippen LogP contribution is -2.35. The first-order valence-corrected chi connectivity index (χ1v) is 7.67. The van der Waals surface area contributed by atoms with Crippen molar-refractivity contribution in [2.45, 2.75) is 31.7 Å². The van der Waals surface area contributed by atoms with Crippen molar-refractivity contribution in [2.75, 3.05) is 25.0 Å². The number of nitrogens with one attached hydrogen (secondary N) is 2. The van der Waals surface area contributed by atoms with E-state index in [-0.39, 0.29) is 30.3 Å². The molecule has 5 nitrogen and oxygen atoms in total. The lowest BCUT2D eigenvalue weighted by atomic mass is 10.1. The molecule has 1 aromatic rings. The van der Waals surface area contributed by atoms with Gasteiger partial charge in [0.05, 0.1) is 6.04 Å². The maximum absolute atomic E-state index is 12.2. The predicted molar refractivity (Wildman–Crippen MR) is 88.5 cm³/mol. The Kier molecular flexibility index (Phi) is 5.80. The molecule has 2 amide bonds. The predicted octanol–water partition coefficient (Wildman–Crippen LogP) is 2.03. The first-order valence-electron chi connectivity index (χ1n) is 7.67. The van der Waals surface area contributed by atoms with E-state index in [9.17, 15) is 9.59 Å². The van der Waals surface area contributed by atoms with Gasteiger partial charge in [-0.15, -0.1) is 12.4 Å². The van der Waals surface area contributed by atoms with Gasteiger partial charge in [-0.1, -0.05) is 0 Å². The number of hydrogen-bond donors (Lipinski definition) is 2. The number of nitrogens with zero attached hydrogens (tertiary/aromatic N) is 1. The van der Waals surface area contributed by atoms with Gasteiger partial charge in [0.2, 0.25) is 5.91 Å². The lowest BCUT2D eigenvalue weighted by Gasteiger charge is -2.15. The van der Waals surface area contributed by atoms with Crippen LogP contribution in [0.25, 0.3) is 0 Å². The summed E-state index contributed by atoms with van der Waals surface area (Å²) in [6, 6.07) is 7.10. The minimum Gasteiger partial charge on any atom is -0.339 e. The van der Waals surface area contributed by atoms with Crippen LogP contribution in [0.3, 0.4) is 0 Å². The van der Waals surface area contributed by atoms with E-state index in [1.54, 1.807) is 24.3 Å². The van der Waals surface area contributed by atoms with E-state index in [1.165, 1.54) is 0 Å². The van der Waals surface area contributed by atoms with Crippen LogP contribution in [0, 0.1) is 0 Å². The number of carbonyl (C=O) groups excluding carboxylic acids is 2. The van der Waals surface area contributed by atoms with Crippen LogP contribution in [-0.4, -0.2) is 42.4 Å². The Morgan fingerprint density at radius 1 is 1.09 bits per heavy atom. The first kappa shape index (κ1) is 16.8. The zero-order chi connectivity index (χ0) is 14.7. The molecular formula is C16H22ClN3O2. The number of halogens is 1. The molecule has 2 N–H and O–H groups in total. The summed E-state index contributed by atoms with van der Waals surface area (Å²) in [5.74, 6) is 0.0916. The van der Waals surface area contributed by atoms with Gasteiger partial charge < -0.3 is 15.5 Å². The quantitative estimate of drug-likeness (QED) is 0.895. The Hall–Kier alpha value is -1.59. The van der Waals surface area contributed by atoms with E-state index in [2.05, 4.69) is 10.6 Å². The second kappa shape index (κ2) is 7.61. The molecule has 22 heavy (non-hydrogen) atoms. The molecule has 2 saturated heterocycles. The number of carbonyl (C=O) groups is 2. The summed E-state index contributed by atoms with van der Waals surface area (Å²) in [6.45, 7) is 2.61. The van der Waals surface area contributed by atoms with Crippen molar-refractivity contribution in [3.8, 4) is 0 Å². The number of hydrogen-bond acceptors (Lipinski definition) is 3. The monoisotopic (exact) mass is 323 g/mol. The van der Waals surface area contributed by atoms with Crippen LogP contribution in [-0.2, 0) is 4.79 Å². The molecule has 1 unspecified atom stereocenters. The van der Waals surface area contributed by atoms with Crippen molar-refractivity contribution in [1.29, 1.82) is 0 Å². The Labute approximate surface area is 136 Å². The van der Waals surface area contributed by atoms with Gasteiger partial charge in [0.15, 0.2) is 0 Å². The van der Waals surface area contributed by atoms with Crippen LogP contribution in [0.1, 0.15) is 36.0 Å². The average Bonchev–Trinajstić information content (AvgIpc) is 3.20. The van der Waals surface area contributed by atoms with E-state index in [0.29, 0.717) is 5.56 Å². The number of likely N-dealkylation sites (tertiary alicyclic amines) is 1. The molecule has 0 aliphatic carbocycles. The minimum atomic E-state index is -0.0871. The van der Waals surface area contributed by atoms with Crippen LogP contribution < -0.4 is 10.6 Å². The van der Waals surface area contributed by atoms with Crippen molar-refractivity contribution in [2.24, 2.45) is 0 Å². The highest BCUT2D eigenvalue weighted by atomic mass is 35.5. The number of benzene rings is 1. The fraction of sp³-hybridized carbons (Fsp3) is 0.500. The van der Waals surface area contributed by atoms with Gasteiger partial charge in [0.25, 0.3) is 5.91 Å². The molecule has 120 valence electrons. The highest BCUT2D eigenvalue weighted by Crippen LogP contribution is 2.16. The van der Waals surface area contributed by atoms with Crippen molar-refractivity contribution in [1.82, 2.24) is 10.2 Å². The molecule has 0 saturated carbocycles. The van der Waals surface area contributed by atoms with Gasteiger partial charge in [-0.25, -0.2) is 0 Å². The Morgan fingerprint density at radius 2 is 1.77 bits per heavy atom. The van der Waals surface area contributed by atoms with Crippen LogP contribution in [0.15, 0.2) is 24.3 Å². The maximum Gasteiger partial charge on any atom is 0.253 e. The third-order valence-electron chi connectivity index (χ3n) is 4.17. The summed E-state index contributed by atoms with van der Waals surface area (Å²) in [5.41, 5.74) is 1.43. The van der Waals surface area contributed by atoms with Gasteiger partial charge >= 0.3 is 0 Å². The molecule has 1 atom stereocenters. The summed E-state index contributed by atoms with van der Waals surface area (Å²) >= 11 is 0. The summed E-state index contributed by atoms with van der Waals surface area (Å²) in [5, 5.41) is 6.06. The second-order valence-corrected chi connectivity index (χ2v) is 5.71. The Bertz CT molecular complexity index is 521. The Balaban J connectivity index is 0.00000176. The summed E-state index contributed by atoms with van der Waals surface area (Å²) in [6.07, 6.45) is 4.11. The molecule has 6 heteroatoms. The summed E-state index contributed by atoms with van der Waals surface area (Å²) in [4.78, 5) is 26.1. The SMILES string of the molecule is Cl.O=C(Nc1ccc(C(=O)N2CCCC2)cc1)C1CCCN1. The van der Waals surface area contributed by atoms with Gasteiger partial charge in [-0.2, -0.15) is 0 Å². The fourth-order valence-corrected chi connectivity index (χ4v) is 2.94. The number of rotatable bonds is 3. The highest BCUT2D eigenvalue weighted by Gasteiger charge is 2.22. The topological polar surface area (TPSA) is 61.4 Å². The van der Waals surface area contributed by atoms with Gasteiger partial charge in [0.1, 0.15) is 0 Å². The van der Waals surface area contributed by atoms with E-state index < -0.39 is 0 Å². The van der Waals surface area contributed by atoms with Crippen molar-refractivity contribution in [3.05, 3.63) is 29.8 Å². The van der Waals surface area contributed by atoms with Crippen LogP contribution >= 0.6 is 12.4 Å². The van der Waals surface area contributed by atoms with Crippen LogP contribution in [0.5, 0.6) is 0 Å². The average molecular weight is 324 g/mol. The van der Waals surface area contributed by atoms with E-state index in [1.807, 2.05) is 4.90 Å². The van der Waals surface area contributed by atoms with E-state index >= 15 is 0 Å². The van der Waals surface area contributed by atoms with Gasteiger partial charge in [0, 0.05) is 24.3 Å². The minimum absolute atomic E-state index is 0. The smallest absolute Gasteiger partial charge is 0.253 e. The first-order chi connectivity index (χ1) is 10.2. The summed E-state index contributed by atoms with van der Waals surface area (Å²) in [7, 11) is 0. The van der Waals surface area contributed by atoms with E-state index in [4.69, 9.17) is 0 Å². The second-order valence-electron chi connectivity index (χ2n) is 5.71. The van der Waals surface area contributed by atoms with Crippen LogP contribution in [0.4, 0.5) is 5.69 Å². The molecule has 2 aliphatic heterocycles. The molecule has 1 aromatic carbocycles. The van der Waals surface area contributed by atoms with Crippen molar-refractivity contribution < 1.29 is 9.59 Å². The fourth-order valence-electron chi connectivity index (χ4n) is 2.94. The zero-order valence-electron chi connectivity index (χ0n) is 12.5.